The Hall–Kier alpha value is -3.71. The molecule has 0 radical (unpaired) electrons. The Morgan fingerprint density at radius 2 is 1.74 bits per heavy atom. The second-order valence-corrected chi connectivity index (χ2v) is 11.1. The van der Waals surface area contributed by atoms with Gasteiger partial charge in [-0.3, -0.25) is 19.3 Å². The van der Waals surface area contributed by atoms with Crippen LogP contribution in [0.25, 0.3) is 0 Å². The molecule has 1 aliphatic heterocycles. The number of halogens is 1. The molecule has 0 saturated carbocycles. The molecule has 1 N–H and O–H groups in total. The first kappa shape index (κ1) is 28.3. The Labute approximate surface area is 234 Å². The van der Waals surface area contributed by atoms with Crippen molar-refractivity contribution in [3.8, 4) is 0 Å². The maximum Gasteiger partial charge on any atom is 0.309 e. The smallest absolute Gasteiger partial charge is 0.309 e. The third kappa shape index (κ3) is 5.98. The molecular formula is C31H34ClN3O4. The molecule has 2 amide bonds. The van der Waals surface area contributed by atoms with Gasteiger partial charge in [0.05, 0.1) is 11.3 Å². The second kappa shape index (κ2) is 11.6. The highest BCUT2D eigenvalue weighted by Crippen LogP contribution is 2.39. The molecule has 0 spiro atoms. The van der Waals surface area contributed by atoms with E-state index in [1.807, 2.05) is 44.2 Å². The summed E-state index contributed by atoms with van der Waals surface area (Å²) >= 11 is 6.05. The molecule has 2 atom stereocenters. The summed E-state index contributed by atoms with van der Waals surface area (Å²) in [7, 11) is 0. The molecule has 8 heteroatoms. The van der Waals surface area contributed by atoms with Crippen molar-refractivity contribution in [1.82, 2.24) is 4.98 Å². The molecule has 1 aromatic heterocycles. The number of carboxylic acids is 1. The topological polar surface area (TPSA) is 90.8 Å². The minimum atomic E-state index is -0.827. The fourth-order valence-electron chi connectivity index (χ4n) is 4.99. The van der Waals surface area contributed by atoms with E-state index in [-0.39, 0.29) is 17.9 Å². The lowest BCUT2D eigenvalue weighted by molar-refractivity contribution is -0.147. The number of pyridine rings is 1. The van der Waals surface area contributed by atoms with E-state index in [0.29, 0.717) is 42.2 Å². The number of likely N-dealkylation sites (N-methyl/N-ethyl adjacent to an activating group) is 1. The molecule has 0 unspecified atom stereocenters. The first-order valence-corrected chi connectivity index (χ1v) is 13.6. The van der Waals surface area contributed by atoms with Crippen LogP contribution in [0.15, 0.2) is 66.9 Å². The number of benzene rings is 2. The molecular weight excluding hydrogens is 514 g/mol. The van der Waals surface area contributed by atoms with E-state index in [4.69, 9.17) is 11.6 Å². The zero-order chi connectivity index (χ0) is 28.3. The van der Waals surface area contributed by atoms with Gasteiger partial charge in [0.15, 0.2) is 0 Å². The van der Waals surface area contributed by atoms with Gasteiger partial charge < -0.3 is 10.0 Å². The van der Waals surface area contributed by atoms with E-state index >= 15 is 0 Å². The number of carboxylic acid groups (broad SMARTS) is 1. The molecule has 2 aromatic carbocycles. The van der Waals surface area contributed by atoms with E-state index in [0.717, 1.165) is 16.8 Å². The number of aromatic nitrogens is 1. The lowest BCUT2D eigenvalue weighted by Gasteiger charge is -2.39. The van der Waals surface area contributed by atoms with Gasteiger partial charge in [-0.25, -0.2) is 4.98 Å². The first-order chi connectivity index (χ1) is 18.5. The average Bonchev–Trinajstić information content (AvgIpc) is 2.92. The van der Waals surface area contributed by atoms with E-state index in [1.165, 1.54) is 0 Å². The summed E-state index contributed by atoms with van der Waals surface area (Å²) in [6, 6.07) is 17.9. The van der Waals surface area contributed by atoms with Crippen molar-refractivity contribution in [2.75, 3.05) is 16.3 Å². The van der Waals surface area contributed by atoms with Crippen LogP contribution in [0.2, 0.25) is 5.02 Å². The number of rotatable bonds is 8. The Morgan fingerprint density at radius 3 is 2.36 bits per heavy atom. The number of hydrogen-bond donors (Lipinski definition) is 1. The van der Waals surface area contributed by atoms with E-state index in [2.05, 4.69) is 4.98 Å². The lowest BCUT2D eigenvalue weighted by atomic mass is 9.86. The van der Waals surface area contributed by atoms with Gasteiger partial charge >= 0.3 is 5.97 Å². The molecule has 7 nitrogen and oxygen atoms in total. The van der Waals surface area contributed by atoms with Crippen LogP contribution in [0.5, 0.6) is 0 Å². The standard InChI is InChI=1S/C31H34ClN3O4/c1-5-34(24-14-12-23(32)13-15-24)29(37)26-19-20(2)35(27-25(26)7-6-18-33-27)28(36)22-10-8-21(9-11-22)16-17-31(3,4)30(38)39/h6-15,18,20,26H,5,16-17,19H2,1-4H3,(H,38,39)/t20-,26-/m0/s1. The van der Waals surface area contributed by atoms with Crippen molar-refractivity contribution in [3.63, 3.8) is 0 Å². The minimum absolute atomic E-state index is 0.0401. The third-order valence-electron chi connectivity index (χ3n) is 7.49. The fourth-order valence-corrected chi connectivity index (χ4v) is 5.11. The van der Waals surface area contributed by atoms with Gasteiger partial charge in [0.1, 0.15) is 5.82 Å². The zero-order valence-corrected chi connectivity index (χ0v) is 23.5. The predicted molar refractivity (Wildman–Crippen MR) is 154 cm³/mol. The van der Waals surface area contributed by atoms with Crippen LogP contribution in [-0.4, -0.2) is 40.5 Å². The number of carbonyl (C=O) groups excluding carboxylic acids is 2. The first-order valence-electron chi connectivity index (χ1n) is 13.2. The van der Waals surface area contributed by atoms with Crippen LogP contribution in [0.1, 0.15) is 67.9 Å². The van der Waals surface area contributed by atoms with Crippen molar-refractivity contribution in [1.29, 1.82) is 0 Å². The second-order valence-electron chi connectivity index (χ2n) is 10.7. The number of aryl methyl sites for hydroxylation is 1. The maximum atomic E-state index is 13.8. The SMILES string of the molecule is CCN(C(=O)[C@H]1C[C@H](C)N(C(=O)c2ccc(CCC(C)(C)C(=O)O)cc2)c2ncccc21)c1ccc(Cl)cc1. The number of anilines is 2. The van der Waals surface area contributed by atoms with Gasteiger partial charge in [-0.1, -0.05) is 29.8 Å². The van der Waals surface area contributed by atoms with Gasteiger partial charge in [0, 0.05) is 40.6 Å². The van der Waals surface area contributed by atoms with Crippen LogP contribution in [0, 0.1) is 5.41 Å². The molecule has 2 heterocycles. The Balaban J connectivity index is 1.57. The Kier molecular flexibility index (Phi) is 8.40. The molecule has 0 fully saturated rings. The van der Waals surface area contributed by atoms with Gasteiger partial charge in [0.2, 0.25) is 5.91 Å². The van der Waals surface area contributed by atoms with Gasteiger partial charge in [0.25, 0.3) is 5.91 Å². The van der Waals surface area contributed by atoms with Gasteiger partial charge in [-0.2, -0.15) is 0 Å². The number of hydrogen-bond acceptors (Lipinski definition) is 4. The summed E-state index contributed by atoms with van der Waals surface area (Å²) in [5.41, 5.74) is 2.17. The van der Waals surface area contributed by atoms with Crippen LogP contribution in [-0.2, 0) is 16.0 Å². The lowest BCUT2D eigenvalue weighted by Crippen LogP contribution is -2.47. The molecule has 4 rings (SSSR count). The van der Waals surface area contributed by atoms with Crippen LogP contribution in [0.3, 0.4) is 0 Å². The van der Waals surface area contributed by atoms with Gasteiger partial charge in [-0.05, 0) is 95.0 Å². The Morgan fingerprint density at radius 1 is 1.08 bits per heavy atom. The number of carbonyl (C=O) groups is 3. The van der Waals surface area contributed by atoms with Crippen molar-refractivity contribution >= 4 is 40.9 Å². The summed E-state index contributed by atoms with van der Waals surface area (Å²) < 4.78 is 0. The normalized spacial score (nSPS) is 16.9. The number of aliphatic carboxylic acids is 1. The molecule has 3 aromatic rings. The van der Waals surface area contributed by atoms with Crippen molar-refractivity contribution in [3.05, 3.63) is 88.6 Å². The zero-order valence-electron chi connectivity index (χ0n) is 22.7. The summed E-state index contributed by atoms with van der Waals surface area (Å²) in [6.45, 7) is 7.80. The van der Waals surface area contributed by atoms with Gasteiger partial charge in [-0.15, -0.1) is 0 Å². The minimum Gasteiger partial charge on any atom is -0.481 e. The number of nitrogens with zero attached hydrogens (tertiary/aromatic N) is 3. The van der Waals surface area contributed by atoms with Crippen LogP contribution in [0.4, 0.5) is 11.5 Å². The molecule has 0 saturated heterocycles. The predicted octanol–water partition coefficient (Wildman–Crippen LogP) is 6.35. The van der Waals surface area contributed by atoms with E-state index in [1.54, 1.807) is 60.2 Å². The van der Waals surface area contributed by atoms with Crippen LogP contribution >= 0.6 is 11.6 Å². The van der Waals surface area contributed by atoms with E-state index in [9.17, 15) is 19.5 Å². The average molecular weight is 548 g/mol. The highest BCUT2D eigenvalue weighted by molar-refractivity contribution is 6.30. The number of fused-ring (bicyclic) bond motifs is 1. The van der Waals surface area contributed by atoms with E-state index < -0.39 is 17.3 Å². The highest BCUT2D eigenvalue weighted by Gasteiger charge is 2.39. The quantitative estimate of drug-likeness (QED) is 0.354. The van der Waals surface area contributed by atoms with Crippen molar-refractivity contribution in [2.45, 2.75) is 58.9 Å². The van der Waals surface area contributed by atoms with Crippen molar-refractivity contribution < 1.29 is 19.5 Å². The number of amides is 2. The summed E-state index contributed by atoms with van der Waals surface area (Å²) in [5, 5.41) is 9.97. The fraction of sp³-hybridized carbons (Fsp3) is 0.355. The monoisotopic (exact) mass is 547 g/mol. The summed E-state index contributed by atoms with van der Waals surface area (Å²) in [5.74, 6) is -0.994. The summed E-state index contributed by atoms with van der Waals surface area (Å²) in [4.78, 5) is 46.9. The highest BCUT2D eigenvalue weighted by atomic mass is 35.5. The third-order valence-corrected chi connectivity index (χ3v) is 7.75. The molecule has 1 aliphatic rings. The van der Waals surface area contributed by atoms with Crippen molar-refractivity contribution in [2.24, 2.45) is 5.41 Å². The molecule has 0 aliphatic carbocycles. The maximum absolute atomic E-state index is 13.8. The molecule has 39 heavy (non-hydrogen) atoms. The molecule has 204 valence electrons. The largest absolute Gasteiger partial charge is 0.481 e. The summed E-state index contributed by atoms with van der Waals surface area (Å²) in [6.07, 6.45) is 3.21. The Bertz CT molecular complexity index is 1360. The van der Waals surface area contributed by atoms with Crippen LogP contribution < -0.4 is 9.80 Å². The molecule has 0 bridgehead atoms.